The van der Waals surface area contributed by atoms with Gasteiger partial charge in [-0.05, 0) is 89.9 Å². The van der Waals surface area contributed by atoms with Crippen molar-refractivity contribution in [3.8, 4) is 0 Å². The van der Waals surface area contributed by atoms with Crippen molar-refractivity contribution < 1.29 is 28.7 Å². The smallest absolute Gasteiger partial charge is 0.410 e. The molecule has 0 aromatic carbocycles. The molecule has 292 valence electrons. The lowest BCUT2D eigenvalue weighted by Gasteiger charge is -2.36. The van der Waals surface area contributed by atoms with Crippen LogP contribution >= 0.6 is 0 Å². The van der Waals surface area contributed by atoms with Gasteiger partial charge in [0.1, 0.15) is 12.2 Å². The highest BCUT2D eigenvalue weighted by Gasteiger charge is 2.31. The zero-order chi connectivity index (χ0) is 37.0. The van der Waals surface area contributed by atoms with Gasteiger partial charge >= 0.3 is 24.2 Å². The molecule has 1 saturated carbocycles. The number of amidine groups is 2. The minimum Gasteiger partial charge on any atom is -0.446 e. The van der Waals surface area contributed by atoms with Crippen LogP contribution < -0.4 is 10.6 Å². The molecule has 4 aliphatic heterocycles. The molecule has 0 radical (unpaired) electrons. The lowest BCUT2D eigenvalue weighted by molar-refractivity contribution is 0.0196. The van der Waals surface area contributed by atoms with E-state index in [4.69, 9.17) is 20.3 Å². The Hall–Kier alpha value is -3.98. The van der Waals surface area contributed by atoms with Crippen LogP contribution in [0.5, 0.6) is 0 Å². The Bertz CT molecular complexity index is 1140. The van der Waals surface area contributed by atoms with Crippen molar-refractivity contribution in [3.05, 3.63) is 0 Å². The van der Waals surface area contributed by atoms with E-state index in [0.717, 1.165) is 90.4 Å². The Morgan fingerprint density at radius 2 is 0.788 bits per heavy atom. The van der Waals surface area contributed by atoms with Crippen LogP contribution in [-0.4, -0.2) is 169 Å². The number of rotatable bonds is 6. The summed E-state index contributed by atoms with van der Waals surface area (Å²) in [5.74, 6) is 2.05. The van der Waals surface area contributed by atoms with Gasteiger partial charge in [-0.3, -0.25) is 10.8 Å². The minimum absolute atomic E-state index is 0.0858. The maximum Gasteiger partial charge on any atom is 0.410 e. The van der Waals surface area contributed by atoms with Gasteiger partial charge < -0.3 is 49.5 Å². The van der Waals surface area contributed by atoms with Crippen molar-refractivity contribution in [3.63, 3.8) is 0 Å². The van der Waals surface area contributed by atoms with Crippen molar-refractivity contribution >= 4 is 35.9 Å². The Labute approximate surface area is 308 Å². The van der Waals surface area contributed by atoms with Crippen LogP contribution in [0.15, 0.2) is 0 Å². The van der Waals surface area contributed by atoms with E-state index >= 15 is 0 Å². The summed E-state index contributed by atoms with van der Waals surface area (Å²) in [5.41, 5.74) is 0. The molecule has 52 heavy (non-hydrogen) atoms. The van der Waals surface area contributed by atoms with Crippen LogP contribution in [0.1, 0.15) is 78.1 Å². The fourth-order valence-corrected chi connectivity index (χ4v) is 7.92. The highest BCUT2D eigenvalue weighted by Crippen LogP contribution is 2.24. The van der Waals surface area contributed by atoms with Gasteiger partial charge in [0.15, 0.2) is 0 Å². The minimum atomic E-state index is -0.325. The van der Waals surface area contributed by atoms with Gasteiger partial charge in [-0.15, -0.1) is 0 Å². The largest absolute Gasteiger partial charge is 0.446 e. The molecule has 0 aromatic rings. The normalized spacial score (nSPS) is 24.0. The molecule has 1 aliphatic carbocycles. The van der Waals surface area contributed by atoms with E-state index in [1.165, 1.54) is 0 Å². The van der Waals surface area contributed by atoms with Gasteiger partial charge in [-0.1, -0.05) is 0 Å². The number of likely N-dealkylation sites (tertiary alicyclic amines) is 2. The number of nitrogens with one attached hydrogen (secondary N) is 4. The van der Waals surface area contributed by atoms with Gasteiger partial charge in [0.2, 0.25) is 0 Å². The SMILES string of the molecule is CC(=N)N1CCC(CNC(=O)N2CCN(C(=O)OC3CCCC(OC(=O)N4CCN(C(=O)NCC5CCN(C(C)=N)CC5)CC4)CCC3)CC2)CC1. The van der Waals surface area contributed by atoms with E-state index in [9.17, 15) is 19.2 Å². The van der Waals surface area contributed by atoms with Crippen LogP contribution in [0, 0.1) is 22.7 Å². The molecule has 0 spiro atoms. The first-order valence-corrected chi connectivity index (χ1v) is 19.6. The van der Waals surface area contributed by atoms with Crippen LogP contribution in [-0.2, 0) is 9.47 Å². The van der Waals surface area contributed by atoms with Gasteiger partial charge in [0.25, 0.3) is 0 Å². The number of nitrogens with zero attached hydrogens (tertiary/aromatic N) is 6. The molecule has 5 fully saturated rings. The summed E-state index contributed by atoms with van der Waals surface area (Å²) in [5, 5.41) is 21.7. The molecule has 6 amide bonds. The van der Waals surface area contributed by atoms with Crippen LogP contribution in [0.2, 0.25) is 0 Å². The van der Waals surface area contributed by atoms with Crippen LogP contribution in [0.25, 0.3) is 0 Å². The number of piperidine rings is 2. The third-order valence-electron chi connectivity index (χ3n) is 11.6. The lowest BCUT2D eigenvalue weighted by atomic mass is 9.96. The van der Waals surface area contributed by atoms with Gasteiger partial charge in [0, 0.05) is 91.6 Å². The Kier molecular flexibility index (Phi) is 14.5. The number of piperazine rings is 2. The van der Waals surface area contributed by atoms with Crippen LogP contribution in [0.4, 0.5) is 19.2 Å². The standard InChI is InChI=1S/C36H62N10O6/c1-27(37)41-13-9-29(10-14-41)25-39-33(47)43-17-21-45(22-18-43)35(49)51-31-5-3-7-32(8-4-6-31)52-36(50)46-23-19-44(20-24-46)34(48)40-26-30-11-15-42(16-12-30)28(2)38/h29-32,37-38H,3-26H2,1-2H3,(H,39,47)(H,40,48). The first-order chi connectivity index (χ1) is 25.0. The summed E-state index contributed by atoms with van der Waals surface area (Å²) in [6.07, 6.45) is 7.33. The number of hydrogen-bond donors (Lipinski definition) is 4. The molecule has 16 heteroatoms. The summed E-state index contributed by atoms with van der Waals surface area (Å²) < 4.78 is 11.8. The summed E-state index contributed by atoms with van der Waals surface area (Å²) in [6.45, 7) is 12.0. The number of carbonyl (C=O) groups excluding carboxylic acids is 4. The second-order valence-electron chi connectivity index (χ2n) is 15.2. The Morgan fingerprint density at radius 3 is 1.10 bits per heavy atom. The highest BCUT2D eigenvalue weighted by atomic mass is 16.6. The predicted octanol–water partition coefficient (Wildman–Crippen LogP) is 3.42. The number of carbonyl (C=O) groups is 4. The van der Waals surface area contributed by atoms with E-state index in [1.807, 2.05) is 13.8 Å². The number of hydrogen-bond acceptors (Lipinski definition) is 8. The summed E-state index contributed by atoms with van der Waals surface area (Å²) in [4.78, 5) is 62.6. The third-order valence-corrected chi connectivity index (χ3v) is 11.6. The fourth-order valence-electron chi connectivity index (χ4n) is 7.92. The highest BCUT2D eigenvalue weighted by molar-refractivity contribution is 5.77. The average Bonchev–Trinajstić information content (AvgIpc) is 3.15. The second-order valence-corrected chi connectivity index (χ2v) is 15.2. The molecule has 0 aromatic heterocycles. The zero-order valence-corrected chi connectivity index (χ0v) is 31.4. The van der Waals surface area contributed by atoms with E-state index in [0.29, 0.717) is 89.0 Å². The molecular formula is C36H62N10O6. The van der Waals surface area contributed by atoms with Gasteiger partial charge in [0.05, 0.1) is 11.7 Å². The fraction of sp³-hybridized carbons (Fsp3) is 0.833. The van der Waals surface area contributed by atoms with Gasteiger partial charge in [-0.25, -0.2) is 19.2 Å². The van der Waals surface area contributed by atoms with Crippen molar-refractivity contribution in [2.45, 2.75) is 90.3 Å². The number of urea groups is 2. The predicted molar refractivity (Wildman–Crippen MR) is 197 cm³/mol. The molecular weight excluding hydrogens is 668 g/mol. The summed E-state index contributed by atoms with van der Waals surface area (Å²) in [7, 11) is 0. The number of amides is 6. The van der Waals surface area contributed by atoms with Crippen molar-refractivity contribution in [1.82, 2.24) is 40.0 Å². The van der Waals surface area contributed by atoms with Gasteiger partial charge in [-0.2, -0.15) is 0 Å². The van der Waals surface area contributed by atoms with E-state index in [2.05, 4.69) is 20.4 Å². The van der Waals surface area contributed by atoms with E-state index in [1.54, 1.807) is 19.6 Å². The maximum atomic E-state index is 13.0. The molecule has 4 saturated heterocycles. The molecule has 5 rings (SSSR count). The quantitative estimate of drug-likeness (QED) is 0.237. The topological polar surface area (TPSA) is 178 Å². The average molecular weight is 731 g/mol. The first-order valence-electron chi connectivity index (χ1n) is 19.6. The van der Waals surface area contributed by atoms with E-state index in [-0.39, 0.29) is 36.5 Å². The summed E-state index contributed by atoms with van der Waals surface area (Å²) in [6, 6.07) is -0.172. The first kappa shape index (κ1) is 39.2. The second kappa shape index (κ2) is 19.2. The third kappa shape index (κ3) is 11.5. The molecule has 4 heterocycles. The van der Waals surface area contributed by atoms with E-state index < -0.39 is 0 Å². The van der Waals surface area contributed by atoms with Crippen molar-refractivity contribution in [1.29, 1.82) is 10.8 Å². The Balaban J connectivity index is 0.912. The lowest BCUT2D eigenvalue weighted by Crippen LogP contribution is -2.54. The molecule has 16 nitrogen and oxygen atoms in total. The summed E-state index contributed by atoms with van der Waals surface area (Å²) >= 11 is 0. The molecule has 5 aliphatic rings. The zero-order valence-electron chi connectivity index (χ0n) is 31.4. The molecule has 0 atom stereocenters. The van der Waals surface area contributed by atoms with Crippen molar-refractivity contribution in [2.24, 2.45) is 11.8 Å². The monoisotopic (exact) mass is 730 g/mol. The maximum absolute atomic E-state index is 13.0. The molecule has 0 unspecified atom stereocenters. The number of ether oxygens (including phenoxy) is 2. The molecule has 0 bridgehead atoms. The van der Waals surface area contributed by atoms with Crippen LogP contribution in [0.3, 0.4) is 0 Å². The molecule has 4 N–H and O–H groups in total. The Morgan fingerprint density at radius 1 is 0.481 bits per heavy atom. The van der Waals surface area contributed by atoms with Crippen molar-refractivity contribution in [2.75, 3.05) is 91.6 Å².